The van der Waals surface area contributed by atoms with Crippen LogP contribution < -0.4 is 4.74 Å². The molecule has 0 aliphatic carbocycles. The number of carbonyl (C=O) groups is 1. The molecule has 0 aromatic heterocycles. The second-order valence-corrected chi connectivity index (χ2v) is 3.67. The first-order chi connectivity index (χ1) is 8.49. The van der Waals surface area contributed by atoms with Crippen LogP contribution in [0.5, 0.6) is 5.75 Å². The largest absolute Gasteiger partial charge is 0.497 e. The second-order valence-electron chi connectivity index (χ2n) is 3.67. The zero-order chi connectivity index (χ0) is 13.7. The van der Waals surface area contributed by atoms with Gasteiger partial charge in [0.1, 0.15) is 11.9 Å². The molecule has 1 rings (SSSR count). The van der Waals surface area contributed by atoms with Crippen LogP contribution in [-0.2, 0) is 0 Å². The van der Waals surface area contributed by atoms with Crippen LogP contribution in [0.3, 0.4) is 0 Å². The lowest BCUT2D eigenvalue weighted by Gasteiger charge is -2.17. The molecule has 2 atom stereocenters. The van der Waals surface area contributed by atoms with Crippen molar-refractivity contribution in [2.75, 3.05) is 7.11 Å². The Morgan fingerprint density at radius 2 is 2.11 bits per heavy atom. The molecule has 0 fully saturated rings. The first-order valence-electron chi connectivity index (χ1n) is 5.15. The number of aliphatic hydroxyl groups excluding tert-OH is 2. The lowest BCUT2D eigenvalue weighted by Crippen LogP contribution is -2.18. The van der Waals surface area contributed by atoms with Gasteiger partial charge in [-0.25, -0.2) is 4.79 Å². The number of ether oxygens (including phenoxy) is 1. The predicted octanol–water partition coefficient (Wildman–Crippen LogP) is 0.701. The summed E-state index contributed by atoms with van der Waals surface area (Å²) < 4.78 is 4.91. The van der Waals surface area contributed by atoms with Gasteiger partial charge in [0, 0.05) is 0 Å². The van der Waals surface area contributed by atoms with Crippen molar-refractivity contribution < 1.29 is 24.9 Å². The number of methoxy groups -OCH3 is 1. The predicted molar refractivity (Wildman–Crippen MR) is 61.1 cm³/mol. The minimum absolute atomic E-state index is 0.0624. The summed E-state index contributed by atoms with van der Waals surface area (Å²) in [4.78, 5) is 10.9. The van der Waals surface area contributed by atoms with Crippen molar-refractivity contribution in [3.05, 3.63) is 29.3 Å². The summed E-state index contributed by atoms with van der Waals surface area (Å²) in [5, 5.41) is 36.6. The summed E-state index contributed by atoms with van der Waals surface area (Å²) in [7, 11) is 1.36. The highest BCUT2D eigenvalue weighted by atomic mass is 16.5. The van der Waals surface area contributed by atoms with Gasteiger partial charge in [0.2, 0.25) is 0 Å². The average molecular weight is 251 g/mol. The fourth-order valence-electron chi connectivity index (χ4n) is 1.46. The van der Waals surface area contributed by atoms with Crippen LogP contribution in [0.25, 0.3) is 0 Å². The number of carboxylic acid groups (broad SMARTS) is 1. The molecule has 2 unspecified atom stereocenters. The molecule has 96 valence electrons. The Hall–Kier alpha value is -2.10. The molecule has 0 aliphatic heterocycles. The average Bonchev–Trinajstić information content (AvgIpc) is 2.37. The van der Waals surface area contributed by atoms with Crippen LogP contribution in [0.2, 0.25) is 0 Å². The minimum atomic E-state index is -1.34. The topological polar surface area (TPSA) is 111 Å². The maximum Gasteiger partial charge on any atom is 0.335 e. The van der Waals surface area contributed by atoms with Gasteiger partial charge in [-0.1, -0.05) is 0 Å². The van der Waals surface area contributed by atoms with Crippen LogP contribution in [0.15, 0.2) is 18.2 Å². The fourth-order valence-corrected chi connectivity index (χ4v) is 1.46. The van der Waals surface area contributed by atoms with E-state index in [2.05, 4.69) is 0 Å². The normalized spacial score (nSPS) is 13.4. The van der Waals surface area contributed by atoms with E-state index in [1.54, 1.807) is 6.07 Å². The van der Waals surface area contributed by atoms with Gasteiger partial charge in [0.05, 0.1) is 31.3 Å². The molecule has 0 radical (unpaired) electrons. The summed E-state index contributed by atoms with van der Waals surface area (Å²) in [5.41, 5.74) is 0.127. The van der Waals surface area contributed by atoms with Crippen molar-refractivity contribution in [2.45, 2.75) is 18.6 Å². The fraction of sp³-hybridized carbons (Fsp3) is 0.333. The number of rotatable bonds is 5. The SMILES string of the molecule is COc1cc(C(=O)O)cc(C(O)C(O)CC#N)c1. The van der Waals surface area contributed by atoms with Gasteiger partial charge in [0.25, 0.3) is 0 Å². The maximum atomic E-state index is 10.9. The molecule has 0 saturated carbocycles. The number of hydrogen-bond acceptors (Lipinski definition) is 5. The van der Waals surface area contributed by atoms with E-state index in [1.165, 1.54) is 25.3 Å². The highest BCUT2D eigenvalue weighted by molar-refractivity contribution is 5.88. The molecule has 0 aliphatic rings. The Balaban J connectivity index is 3.11. The maximum absolute atomic E-state index is 10.9. The van der Waals surface area contributed by atoms with Gasteiger partial charge in [-0.15, -0.1) is 0 Å². The number of carboxylic acids is 1. The smallest absolute Gasteiger partial charge is 0.335 e. The van der Waals surface area contributed by atoms with Crippen molar-refractivity contribution in [3.63, 3.8) is 0 Å². The van der Waals surface area contributed by atoms with E-state index in [4.69, 9.17) is 15.1 Å². The van der Waals surface area contributed by atoms with Gasteiger partial charge < -0.3 is 20.1 Å². The van der Waals surface area contributed by atoms with E-state index in [9.17, 15) is 15.0 Å². The zero-order valence-electron chi connectivity index (χ0n) is 9.70. The van der Waals surface area contributed by atoms with Crippen LogP contribution in [0.4, 0.5) is 0 Å². The molecule has 3 N–H and O–H groups in total. The van der Waals surface area contributed by atoms with E-state index >= 15 is 0 Å². The molecular weight excluding hydrogens is 238 g/mol. The molecular formula is C12H13NO5. The first-order valence-corrected chi connectivity index (χ1v) is 5.15. The van der Waals surface area contributed by atoms with Crippen molar-refractivity contribution in [3.8, 4) is 11.8 Å². The number of nitriles is 1. The van der Waals surface area contributed by atoms with Gasteiger partial charge >= 0.3 is 5.97 Å². The molecule has 1 aromatic rings. The van der Waals surface area contributed by atoms with Gasteiger partial charge in [-0.3, -0.25) is 0 Å². The zero-order valence-corrected chi connectivity index (χ0v) is 9.70. The highest BCUT2D eigenvalue weighted by Crippen LogP contribution is 2.25. The summed E-state index contributed by atoms with van der Waals surface area (Å²) in [6.07, 6.45) is -2.86. The van der Waals surface area contributed by atoms with Crippen molar-refractivity contribution in [1.29, 1.82) is 5.26 Å². The van der Waals surface area contributed by atoms with E-state index in [-0.39, 0.29) is 23.3 Å². The van der Waals surface area contributed by atoms with Crippen molar-refractivity contribution in [2.24, 2.45) is 0 Å². The third-order valence-electron chi connectivity index (χ3n) is 2.42. The number of aliphatic hydroxyl groups is 2. The monoisotopic (exact) mass is 251 g/mol. The number of nitrogens with zero attached hydrogens (tertiary/aromatic N) is 1. The highest BCUT2D eigenvalue weighted by Gasteiger charge is 2.20. The van der Waals surface area contributed by atoms with Crippen LogP contribution in [0, 0.1) is 11.3 Å². The molecule has 1 aromatic carbocycles. The molecule has 0 saturated heterocycles. The quantitative estimate of drug-likeness (QED) is 0.710. The molecule has 18 heavy (non-hydrogen) atoms. The minimum Gasteiger partial charge on any atom is -0.497 e. The van der Waals surface area contributed by atoms with Crippen LogP contribution in [0.1, 0.15) is 28.4 Å². The molecule has 0 spiro atoms. The van der Waals surface area contributed by atoms with Crippen LogP contribution >= 0.6 is 0 Å². The molecule has 6 heteroatoms. The van der Waals surface area contributed by atoms with Crippen molar-refractivity contribution in [1.82, 2.24) is 0 Å². The van der Waals surface area contributed by atoms with E-state index in [1.807, 2.05) is 0 Å². The second kappa shape index (κ2) is 6.00. The number of aromatic carboxylic acids is 1. The van der Waals surface area contributed by atoms with Crippen molar-refractivity contribution >= 4 is 5.97 Å². The number of hydrogen-bond donors (Lipinski definition) is 3. The lowest BCUT2D eigenvalue weighted by atomic mass is 10.00. The Morgan fingerprint density at radius 1 is 1.44 bits per heavy atom. The van der Waals surface area contributed by atoms with Gasteiger partial charge in [-0.05, 0) is 23.8 Å². The molecule has 0 heterocycles. The summed E-state index contributed by atoms with van der Waals surface area (Å²) >= 11 is 0. The molecule has 0 bridgehead atoms. The third-order valence-corrected chi connectivity index (χ3v) is 2.42. The van der Waals surface area contributed by atoms with Crippen LogP contribution in [-0.4, -0.2) is 34.5 Å². The Morgan fingerprint density at radius 3 is 2.61 bits per heavy atom. The summed E-state index contributed by atoms with van der Waals surface area (Å²) in [5.74, 6) is -0.912. The molecule has 0 amide bonds. The number of benzene rings is 1. The summed E-state index contributed by atoms with van der Waals surface area (Å²) in [6, 6.07) is 5.67. The first kappa shape index (κ1) is 14.0. The molecule has 6 nitrogen and oxygen atoms in total. The lowest BCUT2D eigenvalue weighted by molar-refractivity contribution is 0.0214. The third kappa shape index (κ3) is 3.20. The van der Waals surface area contributed by atoms with E-state index in [0.717, 1.165) is 0 Å². The standard InChI is InChI=1S/C12H13NO5/c1-18-9-5-7(4-8(6-9)12(16)17)11(15)10(14)2-3-13/h4-6,10-11,14-15H,2H2,1H3,(H,16,17). The Kier molecular flexibility index (Phi) is 4.66. The van der Waals surface area contributed by atoms with Gasteiger partial charge in [-0.2, -0.15) is 5.26 Å². The van der Waals surface area contributed by atoms with E-state index < -0.39 is 18.2 Å². The Bertz CT molecular complexity index is 480. The van der Waals surface area contributed by atoms with Gasteiger partial charge in [0.15, 0.2) is 0 Å². The Labute approximate surface area is 104 Å². The summed E-state index contributed by atoms with van der Waals surface area (Å²) in [6.45, 7) is 0. The van der Waals surface area contributed by atoms with E-state index in [0.29, 0.717) is 0 Å².